The highest BCUT2D eigenvalue weighted by atomic mass is 16.5. The molecule has 100 valence electrons. The molecule has 1 aliphatic rings. The van der Waals surface area contributed by atoms with Crippen molar-refractivity contribution in [1.29, 1.82) is 0 Å². The number of carbonyl (C=O) groups is 1. The number of nitrogens with zero attached hydrogens (tertiary/aromatic N) is 3. The number of hydrogen-bond donors (Lipinski definition) is 1. The average molecular weight is 252 g/mol. The van der Waals surface area contributed by atoms with Crippen LogP contribution in [-0.2, 0) is 16.1 Å². The summed E-state index contributed by atoms with van der Waals surface area (Å²) in [4.78, 5) is 17.4. The van der Waals surface area contributed by atoms with Gasteiger partial charge in [-0.1, -0.05) is 0 Å². The number of carbonyl (C=O) groups excluding carboxylic acids is 1. The van der Waals surface area contributed by atoms with Crippen LogP contribution >= 0.6 is 0 Å². The highest BCUT2D eigenvalue weighted by Crippen LogP contribution is 2.26. The molecule has 0 aromatic carbocycles. The number of hydrogen-bond acceptors (Lipinski definition) is 4. The van der Waals surface area contributed by atoms with Gasteiger partial charge in [0.2, 0.25) is 5.91 Å². The Morgan fingerprint density at radius 1 is 1.72 bits per heavy atom. The van der Waals surface area contributed by atoms with Crippen molar-refractivity contribution in [1.82, 2.24) is 14.5 Å². The highest BCUT2D eigenvalue weighted by Gasteiger charge is 2.26. The van der Waals surface area contributed by atoms with Gasteiger partial charge in [0.15, 0.2) is 0 Å². The lowest BCUT2D eigenvalue weighted by atomic mass is 9.97. The Kier molecular flexibility index (Phi) is 3.98. The van der Waals surface area contributed by atoms with Gasteiger partial charge in [0.25, 0.3) is 0 Å². The maximum Gasteiger partial charge on any atom is 0.242 e. The fraction of sp³-hybridized carbons (Fsp3) is 0.667. The summed E-state index contributed by atoms with van der Waals surface area (Å²) in [6.07, 6.45) is 4.37. The molecule has 18 heavy (non-hydrogen) atoms. The molecule has 0 bridgehead atoms. The predicted octanol–water partition coefficient (Wildman–Crippen LogP) is 0.00760. The Morgan fingerprint density at radius 3 is 3.11 bits per heavy atom. The number of imidazole rings is 1. The van der Waals surface area contributed by atoms with Crippen molar-refractivity contribution in [2.45, 2.75) is 19.0 Å². The van der Waals surface area contributed by atoms with Gasteiger partial charge in [-0.25, -0.2) is 4.98 Å². The minimum absolute atomic E-state index is 0.0316. The molecule has 2 heterocycles. The van der Waals surface area contributed by atoms with E-state index < -0.39 is 0 Å². The van der Waals surface area contributed by atoms with Crippen molar-refractivity contribution >= 4 is 5.91 Å². The minimum atomic E-state index is -0.120. The molecule has 6 nitrogen and oxygen atoms in total. The summed E-state index contributed by atoms with van der Waals surface area (Å²) in [5.74, 6) is 0.346. The van der Waals surface area contributed by atoms with Crippen molar-refractivity contribution in [2.24, 2.45) is 11.7 Å². The van der Waals surface area contributed by atoms with Gasteiger partial charge in [0.1, 0.15) is 6.54 Å². The number of likely N-dealkylation sites (N-methyl/N-ethyl adjacent to an activating group) is 1. The first-order valence-corrected chi connectivity index (χ1v) is 6.13. The van der Waals surface area contributed by atoms with Crippen molar-refractivity contribution in [2.75, 3.05) is 27.3 Å². The quantitative estimate of drug-likeness (QED) is 0.819. The number of aromatic nitrogens is 2. The third kappa shape index (κ3) is 2.70. The summed E-state index contributed by atoms with van der Waals surface area (Å²) in [7, 11) is 3.48. The zero-order chi connectivity index (χ0) is 13.1. The topological polar surface area (TPSA) is 73.4 Å². The van der Waals surface area contributed by atoms with Crippen molar-refractivity contribution < 1.29 is 9.53 Å². The van der Waals surface area contributed by atoms with E-state index in [0.29, 0.717) is 12.5 Å². The molecular weight excluding hydrogens is 232 g/mol. The smallest absolute Gasteiger partial charge is 0.242 e. The van der Waals surface area contributed by atoms with Gasteiger partial charge >= 0.3 is 0 Å². The Morgan fingerprint density at radius 2 is 2.50 bits per heavy atom. The molecule has 2 rings (SSSR count). The van der Waals surface area contributed by atoms with E-state index in [9.17, 15) is 4.79 Å². The van der Waals surface area contributed by atoms with Gasteiger partial charge in [0.05, 0.1) is 24.7 Å². The zero-order valence-electron chi connectivity index (χ0n) is 10.9. The highest BCUT2D eigenvalue weighted by molar-refractivity contribution is 5.75. The molecule has 6 heteroatoms. The van der Waals surface area contributed by atoms with Crippen molar-refractivity contribution in [3.05, 3.63) is 18.2 Å². The predicted molar refractivity (Wildman–Crippen MR) is 66.8 cm³/mol. The van der Waals surface area contributed by atoms with Crippen molar-refractivity contribution in [3.8, 4) is 0 Å². The molecule has 1 amide bonds. The normalized spacial score (nSPS) is 20.9. The van der Waals surface area contributed by atoms with Gasteiger partial charge in [-0.05, 0) is 6.42 Å². The van der Waals surface area contributed by atoms with Crippen molar-refractivity contribution in [3.63, 3.8) is 0 Å². The van der Waals surface area contributed by atoms with E-state index in [4.69, 9.17) is 10.5 Å². The maximum absolute atomic E-state index is 11.7. The third-order valence-electron chi connectivity index (χ3n) is 3.36. The molecule has 1 aromatic heterocycles. The van der Waals surface area contributed by atoms with Crippen LogP contribution in [0.2, 0.25) is 0 Å². The largest absolute Gasteiger partial charge is 0.381 e. The molecule has 1 aliphatic heterocycles. The van der Waals surface area contributed by atoms with E-state index in [2.05, 4.69) is 4.98 Å². The molecule has 2 atom stereocenters. The molecular formula is C12H20N4O2. The first-order valence-electron chi connectivity index (χ1n) is 6.13. The average Bonchev–Trinajstić information content (AvgIpc) is 2.98. The summed E-state index contributed by atoms with van der Waals surface area (Å²) >= 11 is 0. The van der Waals surface area contributed by atoms with Crippen LogP contribution in [0.1, 0.15) is 18.2 Å². The number of ether oxygens (including phenoxy) is 1. The second-order valence-electron chi connectivity index (χ2n) is 4.88. The molecule has 1 fully saturated rings. The summed E-state index contributed by atoms with van der Waals surface area (Å²) in [6, 6.07) is -0.120. The Balaban J connectivity index is 2.09. The molecule has 0 radical (unpaired) electrons. The lowest BCUT2D eigenvalue weighted by Crippen LogP contribution is -2.29. The number of rotatable bonds is 4. The second kappa shape index (κ2) is 5.49. The van der Waals surface area contributed by atoms with Crippen LogP contribution in [0.15, 0.2) is 12.5 Å². The van der Waals surface area contributed by atoms with E-state index in [1.54, 1.807) is 31.5 Å². The van der Waals surface area contributed by atoms with E-state index in [1.807, 2.05) is 4.57 Å². The Labute approximate surface area is 107 Å². The lowest BCUT2D eigenvalue weighted by Gasteiger charge is -2.20. The van der Waals surface area contributed by atoms with Crippen LogP contribution in [0.5, 0.6) is 0 Å². The SMILES string of the molecule is CN(C)C(=O)Cn1cncc1C(N)C1CCOC1. The van der Waals surface area contributed by atoms with Crippen LogP contribution in [0.25, 0.3) is 0 Å². The molecule has 2 N–H and O–H groups in total. The van der Waals surface area contributed by atoms with Gasteiger partial charge in [-0.2, -0.15) is 0 Å². The summed E-state index contributed by atoms with van der Waals surface area (Å²) < 4.78 is 7.18. The fourth-order valence-corrected chi connectivity index (χ4v) is 2.11. The number of amides is 1. The molecule has 0 spiro atoms. The Hall–Kier alpha value is -1.40. The van der Waals surface area contributed by atoms with Crippen LogP contribution in [0.3, 0.4) is 0 Å². The molecule has 1 saturated heterocycles. The van der Waals surface area contributed by atoms with Crippen LogP contribution < -0.4 is 5.73 Å². The second-order valence-corrected chi connectivity index (χ2v) is 4.88. The van der Waals surface area contributed by atoms with Crippen LogP contribution in [-0.4, -0.2) is 47.7 Å². The Bertz CT molecular complexity index is 410. The molecule has 0 saturated carbocycles. The summed E-state index contributed by atoms with van der Waals surface area (Å²) in [6.45, 7) is 1.74. The first kappa shape index (κ1) is 13.0. The third-order valence-corrected chi connectivity index (χ3v) is 3.36. The van der Waals surface area contributed by atoms with E-state index in [1.165, 1.54) is 0 Å². The van der Waals surface area contributed by atoms with E-state index in [-0.39, 0.29) is 18.5 Å². The van der Waals surface area contributed by atoms with E-state index in [0.717, 1.165) is 18.7 Å². The first-order chi connectivity index (χ1) is 8.59. The van der Waals surface area contributed by atoms with Gasteiger partial charge in [-0.15, -0.1) is 0 Å². The van der Waals surface area contributed by atoms with Crippen LogP contribution in [0, 0.1) is 5.92 Å². The van der Waals surface area contributed by atoms with Gasteiger partial charge < -0.3 is 19.9 Å². The standard InChI is InChI=1S/C12H20N4O2/c1-15(2)11(17)6-16-8-14-5-10(16)12(13)9-3-4-18-7-9/h5,8-9,12H,3-4,6-7,13H2,1-2H3. The monoisotopic (exact) mass is 252 g/mol. The van der Waals surface area contributed by atoms with E-state index >= 15 is 0 Å². The van der Waals surface area contributed by atoms with Gasteiger partial charge in [-0.3, -0.25) is 4.79 Å². The number of nitrogens with two attached hydrogens (primary N) is 1. The molecule has 0 aliphatic carbocycles. The summed E-state index contributed by atoms with van der Waals surface area (Å²) in [5, 5.41) is 0. The minimum Gasteiger partial charge on any atom is -0.381 e. The molecule has 2 unspecified atom stereocenters. The van der Waals surface area contributed by atoms with Crippen LogP contribution in [0.4, 0.5) is 0 Å². The molecule has 1 aromatic rings. The maximum atomic E-state index is 11.7. The zero-order valence-corrected chi connectivity index (χ0v) is 10.9. The van der Waals surface area contributed by atoms with Gasteiger partial charge in [0, 0.05) is 32.8 Å². The lowest BCUT2D eigenvalue weighted by molar-refractivity contribution is -0.129. The summed E-state index contributed by atoms with van der Waals surface area (Å²) in [5.41, 5.74) is 7.14. The fourth-order valence-electron chi connectivity index (χ4n) is 2.11.